The van der Waals surface area contributed by atoms with E-state index < -0.39 is 0 Å². The summed E-state index contributed by atoms with van der Waals surface area (Å²) >= 11 is 0. The second-order valence-electron chi connectivity index (χ2n) is 11.0. The maximum absolute atomic E-state index is 12.0. The molecule has 0 saturated heterocycles. The summed E-state index contributed by atoms with van der Waals surface area (Å²) in [6.45, 7) is 7.11. The average Bonchev–Trinajstić information content (AvgIpc) is 3.11. The zero-order valence-corrected chi connectivity index (χ0v) is 19.0. The predicted molar refractivity (Wildman–Crippen MR) is 123 cm³/mol. The normalized spacial score (nSPS) is 40.0. The van der Waals surface area contributed by atoms with Gasteiger partial charge in [-0.15, -0.1) is 0 Å². The summed E-state index contributed by atoms with van der Waals surface area (Å²) in [6.07, 6.45) is 19.4. The van der Waals surface area contributed by atoms with Crippen LogP contribution >= 0.6 is 0 Å². The summed E-state index contributed by atoms with van der Waals surface area (Å²) in [6, 6.07) is 4.33. The fourth-order valence-electron chi connectivity index (χ4n) is 7.91. The zero-order chi connectivity index (χ0) is 20.9. The molecule has 0 amide bonds. The molecule has 1 heterocycles. The van der Waals surface area contributed by atoms with Crippen LogP contribution in [0, 0.1) is 34.5 Å². The number of fused-ring (bicyclic) bond motifs is 5. The fourth-order valence-corrected chi connectivity index (χ4v) is 7.91. The van der Waals surface area contributed by atoms with E-state index in [9.17, 15) is 4.79 Å². The second-order valence-corrected chi connectivity index (χ2v) is 11.0. The molecule has 2 fully saturated rings. The number of Topliss-reactive ketones (excluding diaryl/α,β-unsaturated/α-hetero) is 1. The Hall–Kier alpha value is -1.70. The van der Waals surface area contributed by atoms with Crippen LogP contribution in [-0.4, -0.2) is 10.8 Å². The quantitative estimate of drug-likeness (QED) is 0.505. The number of hydrogen-bond donors (Lipinski definition) is 0. The fraction of sp³-hybridized carbons (Fsp3) is 0.643. The van der Waals surface area contributed by atoms with E-state index in [0.717, 1.165) is 24.2 Å². The number of pyridine rings is 1. The first-order chi connectivity index (χ1) is 14.5. The van der Waals surface area contributed by atoms with Crippen LogP contribution in [0.25, 0.3) is 5.57 Å². The summed E-state index contributed by atoms with van der Waals surface area (Å²) in [5.74, 6) is 3.43. The lowest BCUT2D eigenvalue weighted by Crippen LogP contribution is -2.49. The van der Waals surface area contributed by atoms with Crippen LogP contribution in [0.3, 0.4) is 0 Å². The van der Waals surface area contributed by atoms with Gasteiger partial charge >= 0.3 is 0 Å². The molecule has 2 nitrogen and oxygen atoms in total. The molecule has 1 aromatic heterocycles. The molecule has 0 bridgehead atoms. The van der Waals surface area contributed by atoms with E-state index in [0.29, 0.717) is 29.0 Å². The van der Waals surface area contributed by atoms with E-state index >= 15 is 0 Å². The molecule has 0 spiro atoms. The Bertz CT molecular complexity index is 883. The lowest BCUT2D eigenvalue weighted by Gasteiger charge is -2.58. The number of aromatic nitrogens is 1. The van der Waals surface area contributed by atoms with Crippen LogP contribution in [0.2, 0.25) is 0 Å². The van der Waals surface area contributed by atoms with Crippen molar-refractivity contribution in [3.63, 3.8) is 0 Å². The number of nitrogens with zero attached hydrogens (tertiary/aromatic N) is 1. The predicted octanol–water partition coefficient (Wildman–Crippen LogP) is 7.02. The minimum Gasteiger partial charge on any atom is -0.300 e. The van der Waals surface area contributed by atoms with Crippen molar-refractivity contribution in [2.75, 3.05) is 0 Å². The Morgan fingerprint density at radius 2 is 1.93 bits per heavy atom. The third-order valence-electron chi connectivity index (χ3n) is 9.67. The van der Waals surface area contributed by atoms with Gasteiger partial charge in [-0.3, -0.25) is 9.78 Å². The molecule has 3 unspecified atom stereocenters. The Morgan fingerprint density at radius 1 is 1.10 bits per heavy atom. The number of hydrogen-bond acceptors (Lipinski definition) is 2. The van der Waals surface area contributed by atoms with Crippen molar-refractivity contribution in [3.8, 4) is 0 Å². The third kappa shape index (κ3) is 3.05. The van der Waals surface area contributed by atoms with Crippen molar-refractivity contribution in [2.45, 2.75) is 78.6 Å². The van der Waals surface area contributed by atoms with Gasteiger partial charge in [0, 0.05) is 25.2 Å². The number of ketones is 1. The van der Waals surface area contributed by atoms with Crippen LogP contribution in [0.5, 0.6) is 0 Å². The van der Waals surface area contributed by atoms with Crippen molar-refractivity contribution in [1.82, 2.24) is 4.98 Å². The van der Waals surface area contributed by atoms with Gasteiger partial charge < -0.3 is 0 Å². The van der Waals surface area contributed by atoms with Gasteiger partial charge in [-0.25, -0.2) is 0 Å². The van der Waals surface area contributed by atoms with Crippen molar-refractivity contribution in [3.05, 3.63) is 47.8 Å². The van der Waals surface area contributed by atoms with E-state index in [1.807, 2.05) is 13.1 Å². The molecule has 0 N–H and O–H groups in total. The summed E-state index contributed by atoms with van der Waals surface area (Å²) in [7, 11) is 0. The number of rotatable bonds is 4. The molecule has 6 atom stereocenters. The van der Waals surface area contributed by atoms with E-state index in [1.54, 1.807) is 11.1 Å². The Labute approximate surface area is 182 Å². The smallest absolute Gasteiger partial charge is 0.132 e. The minimum absolute atomic E-state index is 0.302. The average molecular weight is 404 g/mol. The highest BCUT2D eigenvalue weighted by atomic mass is 16.1. The van der Waals surface area contributed by atoms with Gasteiger partial charge in [-0.2, -0.15) is 0 Å². The van der Waals surface area contributed by atoms with Gasteiger partial charge in [0.2, 0.25) is 0 Å². The maximum Gasteiger partial charge on any atom is 0.132 e. The number of carbonyl (C=O) groups excluding carboxylic acids is 1. The van der Waals surface area contributed by atoms with E-state index in [1.165, 1.54) is 50.5 Å². The summed E-state index contributed by atoms with van der Waals surface area (Å²) in [5, 5.41) is 0. The highest BCUT2D eigenvalue weighted by Gasteiger charge is 2.56. The van der Waals surface area contributed by atoms with Gasteiger partial charge in [0.15, 0.2) is 0 Å². The first-order valence-corrected chi connectivity index (χ1v) is 12.3. The lowest BCUT2D eigenvalue weighted by atomic mass is 9.46. The molecule has 0 aliphatic heterocycles. The monoisotopic (exact) mass is 403 g/mol. The minimum atomic E-state index is 0.302. The van der Waals surface area contributed by atoms with Crippen LogP contribution in [0.1, 0.15) is 84.1 Å². The molecule has 2 saturated carbocycles. The summed E-state index contributed by atoms with van der Waals surface area (Å²) in [4.78, 5) is 16.4. The molecule has 2 heteroatoms. The maximum atomic E-state index is 12.0. The molecule has 1 aromatic rings. The van der Waals surface area contributed by atoms with E-state index in [4.69, 9.17) is 0 Å². The molecule has 4 aliphatic rings. The number of carbonyl (C=O) groups is 1. The van der Waals surface area contributed by atoms with Crippen LogP contribution in [0.4, 0.5) is 0 Å². The van der Waals surface area contributed by atoms with Gasteiger partial charge in [-0.05, 0) is 96.7 Å². The first-order valence-electron chi connectivity index (χ1n) is 12.3. The number of allylic oxidation sites excluding steroid dienone is 4. The topological polar surface area (TPSA) is 30.0 Å². The van der Waals surface area contributed by atoms with Crippen LogP contribution in [0.15, 0.2) is 42.3 Å². The van der Waals surface area contributed by atoms with Gasteiger partial charge in [0.25, 0.3) is 0 Å². The van der Waals surface area contributed by atoms with Crippen molar-refractivity contribution < 1.29 is 4.79 Å². The standard InChI is InChI=1S/C28H37NO/c1-4-22(30)17-19-11-13-27(2)21(16-19)7-8-23-25-10-9-24(20-6-5-15-29-18-20)28(25,3)14-12-26(23)27/h5-7,9,15,18-19,23,25-26H,4,8,10-14,16-17H2,1-3H3/t19-,23?,25?,26?,27-,28+/m0/s1. The molecule has 30 heavy (non-hydrogen) atoms. The van der Waals surface area contributed by atoms with Crippen molar-refractivity contribution >= 4 is 11.4 Å². The highest BCUT2D eigenvalue weighted by molar-refractivity contribution is 5.78. The van der Waals surface area contributed by atoms with Crippen molar-refractivity contribution in [2.24, 2.45) is 34.5 Å². The van der Waals surface area contributed by atoms with Gasteiger partial charge in [0.05, 0.1) is 0 Å². The highest BCUT2D eigenvalue weighted by Crippen LogP contribution is 2.66. The Kier molecular flexibility index (Phi) is 5.03. The van der Waals surface area contributed by atoms with Crippen LogP contribution < -0.4 is 0 Å². The van der Waals surface area contributed by atoms with E-state index in [2.05, 4.69) is 49.3 Å². The van der Waals surface area contributed by atoms with Crippen molar-refractivity contribution in [1.29, 1.82) is 0 Å². The van der Waals surface area contributed by atoms with Crippen LogP contribution in [-0.2, 0) is 4.79 Å². The summed E-state index contributed by atoms with van der Waals surface area (Å²) in [5.41, 5.74) is 5.26. The first kappa shape index (κ1) is 20.2. The van der Waals surface area contributed by atoms with E-state index in [-0.39, 0.29) is 0 Å². The zero-order valence-electron chi connectivity index (χ0n) is 19.0. The van der Waals surface area contributed by atoms with Gasteiger partial charge in [0.1, 0.15) is 5.78 Å². The molecule has 5 rings (SSSR count). The molecule has 0 radical (unpaired) electrons. The SMILES string of the molecule is CCC(=O)C[C@H]1CC[C@@]2(C)C(=CCC3C2CC[C@]2(C)C(c4cccnc4)=CCC32)C1. The molecular formula is C28H37NO. The second kappa shape index (κ2) is 7.46. The Morgan fingerprint density at radius 3 is 2.70 bits per heavy atom. The molecule has 160 valence electrons. The molecular weight excluding hydrogens is 366 g/mol. The molecule has 4 aliphatic carbocycles. The lowest BCUT2D eigenvalue weighted by molar-refractivity contribution is -0.120. The molecule has 0 aromatic carbocycles. The Balaban J connectivity index is 1.38. The van der Waals surface area contributed by atoms with Gasteiger partial charge in [-0.1, -0.05) is 44.6 Å². The third-order valence-corrected chi connectivity index (χ3v) is 9.67. The summed E-state index contributed by atoms with van der Waals surface area (Å²) < 4.78 is 0. The largest absolute Gasteiger partial charge is 0.300 e.